The first-order chi connectivity index (χ1) is 19.2. The Morgan fingerprint density at radius 2 is 1.98 bits per heavy atom. The van der Waals surface area contributed by atoms with Crippen LogP contribution in [-0.2, 0) is 25.5 Å². The quantitative estimate of drug-likeness (QED) is 0.547. The number of carbonyl (C=O) groups excluding carboxylic acids is 3. The topological polar surface area (TPSA) is 107 Å². The highest BCUT2D eigenvalue weighted by molar-refractivity contribution is 5.91. The molecule has 0 unspecified atom stereocenters. The number of fused-ring (bicyclic) bond motifs is 3. The minimum Gasteiger partial charge on any atom is -0.472 e. The van der Waals surface area contributed by atoms with Crippen LogP contribution in [0.1, 0.15) is 71.3 Å². The highest BCUT2D eigenvalue weighted by Crippen LogP contribution is 2.33. The number of pyridine rings is 1. The van der Waals surface area contributed by atoms with Gasteiger partial charge in [-0.15, -0.1) is 0 Å². The summed E-state index contributed by atoms with van der Waals surface area (Å²) < 4.78 is 17.4. The third-order valence-corrected chi connectivity index (χ3v) is 8.50. The maximum absolute atomic E-state index is 14.1. The number of amides is 2. The number of aromatic nitrogens is 1. The van der Waals surface area contributed by atoms with E-state index >= 15 is 0 Å². The molecule has 0 spiro atoms. The Labute approximate surface area is 235 Å². The summed E-state index contributed by atoms with van der Waals surface area (Å²) in [6, 6.07) is 6.70. The Hall–Kier alpha value is -3.36. The second kappa shape index (κ2) is 12.0. The van der Waals surface area contributed by atoms with E-state index in [1.807, 2.05) is 6.07 Å². The lowest BCUT2D eigenvalue weighted by molar-refractivity contribution is -0.154. The average Bonchev–Trinajstić information content (AvgIpc) is 3.61. The molecule has 40 heavy (non-hydrogen) atoms. The maximum Gasteiger partial charge on any atom is 0.407 e. The van der Waals surface area contributed by atoms with E-state index in [0.29, 0.717) is 12.3 Å². The molecule has 2 aromatic rings. The first-order valence-electron chi connectivity index (χ1n) is 14.7. The van der Waals surface area contributed by atoms with Crippen LogP contribution in [0.2, 0.25) is 0 Å². The second-order valence-corrected chi connectivity index (χ2v) is 12.2. The van der Waals surface area contributed by atoms with Gasteiger partial charge < -0.3 is 24.4 Å². The van der Waals surface area contributed by atoms with E-state index in [2.05, 4.69) is 42.3 Å². The smallest absolute Gasteiger partial charge is 0.407 e. The molecular weight excluding hydrogens is 510 g/mol. The number of alkyl carbamates (subject to hydrolysis) is 1. The summed E-state index contributed by atoms with van der Waals surface area (Å²) in [5.74, 6) is -0.270. The number of aryl methyl sites for hydroxylation is 1. The molecule has 9 heteroatoms. The summed E-state index contributed by atoms with van der Waals surface area (Å²) in [7, 11) is 0. The third-order valence-electron chi connectivity index (χ3n) is 8.50. The molecular formula is C31H41N3O6. The summed E-state index contributed by atoms with van der Waals surface area (Å²) >= 11 is 0. The van der Waals surface area contributed by atoms with E-state index in [-0.39, 0.29) is 37.0 Å². The predicted molar refractivity (Wildman–Crippen MR) is 150 cm³/mol. The number of hydrogen-bond acceptors (Lipinski definition) is 7. The van der Waals surface area contributed by atoms with Crippen LogP contribution in [0.25, 0.3) is 10.8 Å². The monoisotopic (exact) mass is 551 g/mol. The number of hydrogen-bond donors (Lipinski definition) is 1. The first-order valence-corrected chi connectivity index (χ1v) is 14.7. The summed E-state index contributed by atoms with van der Waals surface area (Å²) in [5.41, 5.74) is 0.951. The van der Waals surface area contributed by atoms with Crippen LogP contribution < -0.4 is 10.1 Å². The highest BCUT2D eigenvalue weighted by atomic mass is 16.6. The van der Waals surface area contributed by atoms with Crippen molar-refractivity contribution in [2.75, 3.05) is 19.8 Å². The van der Waals surface area contributed by atoms with Gasteiger partial charge in [0.2, 0.25) is 11.8 Å². The van der Waals surface area contributed by atoms with Crippen LogP contribution in [-0.4, -0.2) is 65.8 Å². The van der Waals surface area contributed by atoms with Crippen molar-refractivity contribution in [3.8, 4) is 5.88 Å². The number of nitrogens with one attached hydrogen (secondary N) is 1. The van der Waals surface area contributed by atoms with Crippen LogP contribution in [0.5, 0.6) is 5.88 Å². The largest absolute Gasteiger partial charge is 0.472 e. The number of benzene rings is 1. The van der Waals surface area contributed by atoms with E-state index in [4.69, 9.17) is 14.2 Å². The van der Waals surface area contributed by atoms with Gasteiger partial charge in [0, 0.05) is 18.0 Å². The minimum absolute atomic E-state index is 0.0142. The molecule has 1 saturated heterocycles. The molecule has 3 heterocycles. The summed E-state index contributed by atoms with van der Waals surface area (Å²) in [5, 5.41) is 4.82. The zero-order chi connectivity index (χ0) is 28.3. The van der Waals surface area contributed by atoms with Crippen LogP contribution in [0.4, 0.5) is 4.79 Å². The van der Waals surface area contributed by atoms with Crippen LogP contribution in [0.3, 0.4) is 0 Å². The molecule has 3 aliphatic rings. The van der Waals surface area contributed by atoms with Gasteiger partial charge in [-0.05, 0) is 73.4 Å². The van der Waals surface area contributed by atoms with Crippen molar-refractivity contribution >= 4 is 28.7 Å². The lowest BCUT2D eigenvalue weighted by Gasteiger charge is -2.31. The Morgan fingerprint density at radius 3 is 2.75 bits per heavy atom. The standard InChI is InChI=1S/C31H41N3O6/c1-4-38-29(36)25-17-23-18-34(25)28(35)26(22-9-5-6-10-22)33-30(37)39-19-31(2,3)14-7-8-20-11-12-21-13-15-32-27(40-23)24(21)16-20/h11-13,15-16,22-23,25-26H,4-10,14,17-19H2,1-3H3,(H,33,37)/t23-,25-,26-/m0/s1. The van der Waals surface area contributed by atoms with Crippen molar-refractivity contribution in [3.63, 3.8) is 0 Å². The van der Waals surface area contributed by atoms with Crippen molar-refractivity contribution in [1.29, 1.82) is 0 Å². The van der Waals surface area contributed by atoms with Gasteiger partial charge in [-0.2, -0.15) is 0 Å². The van der Waals surface area contributed by atoms with Crippen molar-refractivity contribution in [3.05, 3.63) is 36.0 Å². The Kier molecular flexibility index (Phi) is 8.47. The zero-order valence-electron chi connectivity index (χ0n) is 23.8. The Bertz CT molecular complexity index is 1240. The zero-order valence-corrected chi connectivity index (χ0v) is 23.8. The molecule has 1 aliphatic carbocycles. The lowest BCUT2D eigenvalue weighted by atomic mass is 9.87. The molecule has 1 saturated carbocycles. The lowest BCUT2D eigenvalue weighted by Crippen LogP contribution is -2.55. The summed E-state index contributed by atoms with van der Waals surface area (Å²) in [6.45, 7) is 6.58. The van der Waals surface area contributed by atoms with Gasteiger partial charge in [-0.1, -0.05) is 38.8 Å². The molecule has 2 aliphatic heterocycles. The maximum atomic E-state index is 14.1. The van der Waals surface area contributed by atoms with Crippen molar-refractivity contribution in [2.45, 2.75) is 90.3 Å². The molecule has 1 N–H and O–H groups in total. The number of nitrogens with zero attached hydrogens (tertiary/aromatic N) is 2. The normalized spacial score (nSPS) is 26.1. The summed E-state index contributed by atoms with van der Waals surface area (Å²) in [6.07, 6.45) is 7.32. The number of rotatable bonds is 3. The van der Waals surface area contributed by atoms with Crippen molar-refractivity contribution in [1.82, 2.24) is 15.2 Å². The number of cyclic esters (lactones) is 1. The second-order valence-electron chi connectivity index (χ2n) is 12.2. The fourth-order valence-corrected chi connectivity index (χ4v) is 6.31. The Balaban J connectivity index is 1.50. The predicted octanol–water partition coefficient (Wildman–Crippen LogP) is 4.79. The average molecular weight is 552 g/mol. The van der Waals surface area contributed by atoms with Gasteiger partial charge in [-0.3, -0.25) is 4.79 Å². The summed E-state index contributed by atoms with van der Waals surface area (Å²) in [4.78, 5) is 46.2. The van der Waals surface area contributed by atoms with Gasteiger partial charge in [0.05, 0.1) is 19.8 Å². The Morgan fingerprint density at radius 1 is 1.18 bits per heavy atom. The molecule has 216 valence electrons. The SMILES string of the molecule is CCOC(=O)[C@@H]1C[C@H]2CN1C(=O)[C@H](C1CCCC1)NC(=O)OCC(C)(C)CCCc1ccc3ccnc(c3c1)O2. The molecule has 1 aromatic carbocycles. The van der Waals surface area contributed by atoms with E-state index in [1.54, 1.807) is 13.1 Å². The first kappa shape index (κ1) is 28.2. The molecule has 3 atom stereocenters. The molecule has 1 aromatic heterocycles. The highest BCUT2D eigenvalue weighted by Gasteiger charge is 2.46. The molecule has 9 nitrogen and oxygen atoms in total. The third kappa shape index (κ3) is 6.34. The van der Waals surface area contributed by atoms with Crippen LogP contribution in [0, 0.1) is 11.3 Å². The van der Waals surface area contributed by atoms with E-state index < -0.39 is 30.3 Å². The fraction of sp³-hybridized carbons (Fsp3) is 0.613. The number of esters is 1. The number of ether oxygens (including phenoxy) is 3. The van der Waals surface area contributed by atoms with Gasteiger partial charge in [0.25, 0.3) is 0 Å². The molecule has 2 fully saturated rings. The van der Waals surface area contributed by atoms with Crippen molar-refractivity contribution < 1.29 is 28.6 Å². The van der Waals surface area contributed by atoms with Gasteiger partial charge >= 0.3 is 12.1 Å². The van der Waals surface area contributed by atoms with Gasteiger partial charge in [0.1, 0.15) is 18.2 Å². The fourth-order valence-electron chi connectivity index (χ4n) is 6.31. The van der Waals surface area contributed by atoms with Crippen LogP contribution >= 0.6 is 0 Å². The van der Waals surface area contributed by atoms with Gasteiger partial charge in [0.15, 0.2) is 0 Å². The van der Waals surface area contributed by atoms with E-state index in [9.17, 15) is 14.4 Å². The molecule has 2 amide bonds. The van der Waals surface area contributed by atoms with Crippen LogP contribution in [0.15, 0.2) is 30.5 Å². The molecule has 0 radical (unpaired) electrons. The molecule has 5 rings (SSSR count). The minimum atomic E-state index is -0.800. The molecule has 4 bridgehead atoms. The van der Waals surface area contributed by atoms with Crippen molar-refractivity contribution in [2.24, 2.45) is 11.3 Å². The number of carbonyl (C=O) groups is 3. The van der Waals surface area contributed by atoms with E-state index in [0.717, 1.165) is 55.7 Å². The van der Waals surface area contributed by atoms with Gasteiger partial charge in [-0.25, -0.2) is 14.6 Å². The van der Waals surface area contributed by atoms with E-state index in [1.165, 1.54) is 10.5 Å².